The number of likely N-dealkylation sites (N-methyl/N-ethyl adjacent to an activating group) is 1. The van der Waals surface area contributed by atoms with Crippen LogP contribution in [0.15, 0.2) is 24.4 Å². The summed E-state index contributed by atoms with van der Waals surface area (Å²) < 4.78 is 0. The van der Waals surface area contributed by atoms with Crippen molar-refractivity contribution in [1.82, 2.24) is 9.80 Å². The molecule has 0 N–H and O–H groups in total. The number of likely N-dealkylation sites (tertiary alicyclic amines) is 1. The zero-order chi connectivity index (χ0) is 10.7. The highest BCUT2D eigenvalue weighted by Gasteiger charge is 2.21. The summed E-state index contributed by atoms with van der Waals surface area (Å²) in [5.74, 6) is 0. The number of thiol groups is 1. The smallest absolute Gasteiger partial charge is 0.0358 e. The maximum absolute atomic E-state index is 4.53. The zero-order valence-electron chi connectivity index (χ0n) is 9.34. The van der Waals surface area contributed by atoms with E-state index >= 15 is 0 Å². The first kappa shape index (κ1) is 11.1. The normalized spacial score (nSPS) is 33.1. The molecule has 2 aliphatic heterocycles. The molecule has 0 aromatic rings. The molecule has 2 aliphatic rings. The van der Waals surface area contributed by atoms with Gasteiger partial charge in [-0.3, -0.25) is 4.90 Å². The third-order valence-corrected chi connectivity index (χ3v) is 3.65. The van der Waals surface area contributed by atoms with Crippen molar-refractivity contribution in [3.05, 3.63) is 24.4 Å². The maximum Gasteiger partial charge on any atom is 0.0358 e. The molecule has 1 fully saturated rings. The second kappa shape index (κ2) is 5.08. The molecule has 3 heteroatoms. The molecule has 2 rings (SSSR count). The lowest BCUT2D eigenvalue weighted by molar-refractivity contribution is 0.226. The average molecular weight is 224 g/mol. The Morgan fingerprint density at radius 3 is 2.67 bits per heavy atom. The van der Waals surface area contributed by atoms with E-state index in [1.54, 1.807) is 0 Å². The lowest BCUT2D eigenvalue weighted by atomic mass is 10.0. The van der Waals surface area contributed by atoms with Crippen molar-refractivity contribution >= 4 is 12.6 Å². The van der Waals surface area contributed by atoms with Crippen molar-refractivity contribution in [2.45, 2.75) is 24.1 Å². The third kappa shape index (κ3) is 3.02. The van der Waals surface area contributed by atoms with Gasteiger partial charge in [0.2, 0.25) is 0 Å². The van der Waals surface area contributed by atoms with Crippen LogP contribution in [0.25, 0.3) is 0 Å². The van der Waals surface area contributed by atoms with E-state index in [0.717, 1.165) is 19.6 Å². The van der Waals surface area contributed by atoms with Crippen LogP contribution in [0.3, 0.4) is 0 Å². The van der Waals surface area contributed by atoms with Crippen LogP contribution in [0.4, 0.5) is 0 Å². The van der Waals surface area contributed by atoms with Gasteiger partial charge in [-0.1, -0.05) is 18.2 Å². The predicted octanol–water partition coefficient (Wildman–Crippen LogP) is 1.76. The number of rotatable bonds is 2. The maximum atomic E-state index is 4.53. The molecule has 0 aromatic heterocycles. The molecule has 1 saturated heterocycles. The fourth-order valence-corrected chi connectivity index (χ4v) is 2.63. The van der Waals surface area contributed by atoms with Gasteiger partial charge in [-0.15, -0.1) is 0 Å². The van der Waals surface area contributed by atoms with Gasteiger partial charge in [-0.2, -0.15) is 12.6 Å². The summed E-state index contributed by atoms with van der Waals surface area (Å²) in [5, 5.41) is 0.563. The Labute approximate surface area is 98.0 Å². The molecule has 84 valence electrons. The first-order valence-corrected chi connectivity index (χ1v) is 6.23. The SMILES string of the molecule is CN1CC(S)CCC1/C=C/N1CC=CC1. The first-order chi connectivity index (χ1) is 7.25. The molecule has 0 aromatic carbocycles. The van der Waals surface area contributed by atoms with Crippen molar-refractivity contribution < 1.29 is 0 Å². The van der Waals surface area contributed by atoms with Gasteiger partial charge in [-0.05, 0) is 26.1 Å². The van der Waals surface area contributed by atoms with Crippen LogP contribution >= 0.6 is 12.6 Å². The Morgan fingerprint density at radius 2 is 2.00 bits per heavy atom. The Balaban J connectivity index is 1.83. The molecule has 15 heavy (non-hydrogen) atoms. The average Bonchev–Trinajstić information content (AvgIpc) is 2.69. The van der Waals surface area contributed by atoms with Crippen LogP contribution in [0.2, 0.25) is 0 Å². The van der Waals surface area contributed by atoms with Crippen molar-refractivity contribution in [1.29, 1.82) is 0 Å². The molecular formula is C12H20N2S. The van der Waals surface area contributed by atoms with E-state index in [0.29, 0.717) is 11.3 Å². The first-order valence-electron chi connectivity index (χ1n) is 5.71. The lowest BCUT2D eigenvalue weighted by Crippen LogP contribution is -2.40. The molecule has 0 radical (unpaired) electrons. The van der Waals surface area contributed by atoms with E-state index in [4.69, 9.17) is 0 Å². The van der Waals surface area contributed by atoms with E-state index < -0.39 is 0 Å². The minimum Gasteiger partial charge on any atom is -0.370 e. The van der Waals surface area contributed by atoms with E-state index in [-0.39, 0.29) is 0 Å². The highest BCUT2D eigenvalue weighted by atomic mass is 32.1. The van der Waals surface area contributed by atoms with Gasteiger partial charge in [0.1, 0.15) is 0 Å². The summed E-state index contributed by atoms with van der Waals surface area (Å²) in [6.07, 6.45) is 11.5. The van der Waals surface area contributed by atoms with Crippen LogP contribution in [0.1, 0.15) is 12.8 Å². The number of hydrogen-bond donors (Lipinski definition) is 1. The van der Waals surface area contributed by atoms with Gasteiger partial charge in [0.25, 0.3) is 0 Å². The number of piperidine rings is 1. The van der Waals surface area contributed by atoms with Crippen LogP contribution in [0, 0.1) is 0 Å². The molecule has 2 unspecified atom stereocenters. The minimum atomic E-state index is 0.563. The second-order valence-corrected chi connectivity index (χ2v) is 5.24. The van der Waals surface area contributed by atoms with Gasteiger partial charge in [0, 0.05) is 30.9 Å². The van der Waals surface area contributed by atoms with Crippen molar-refractivity contribution in [3.8, 4) is 0 Å². The second-order valence-electron chi connectivity index (χ2n) is 4.50. The molecule has 0 amide bonds. The summed E-state index contributed by atoms with van der Waals surface area (Å²) in [4.78, 5) is 4.74. The summed E-state index contributed by atoms with van der Waals surface area (Å²) in [6, 6.07) is 0.606. The quantitative estimate of drug-likeness (QED) is 0.564. The topological polar surface area (TPSA) is 6.48 Å². The number of hydrogen-bond acceptors (Lipinski definition) is 3. The lowest BCUT2D eigenvalue weighted by Gasteiger charge is -2.33. The fraction of sp³-hybridized carbons (Fsp3) is 0.667. The van der Waals surface area contributed by atoms with Gasteiger partial charge >= 0.3 is 0 Å². The molecule has 0 bridgehead atoms. The van der Waals surface area contributed by atoms with Crippen molar-refractivity contribution in [2.24, 2.45) is 0 Å². The highest BCUT2D eigenvalue weighted by molar-refractivity contribution is 7.81. The Bertz CT molecular complexity index is 254. The van der Waals surface area contributed by atoms with Gasteiger partial charge in [0.15, 0.2) is 0 Å². The van der Waals surface area contributed by atoms with Crippen LogP contribution in [-0.4, -0.2) is 47.8 Å². The van der Waals surface area contributed by atoms with E-state index in [2.05, 4.69) is 53.9 Å². The summed E-state index contributed by atoms with van der Waals surface area (Å²) >= 11 is 4.53. The zero-order valence-corrected chi connectivity index (χ0v) is 10.2. The van der Waals surface area contributed by atoms with Crippen LogP contribution in [0.5, 0.6) is 0 Å². The highest BCUT2D eigenvalue weighted by Crippen LogP contribution is 2.20. The molecule has 0 saturated carbocycles. The molecular weight excluding hydrogens is 204 g/mol. The monoisotopic (exact) mass is 224 g/mol. The van der Waals surface area contributed by atoms with Crippen LogP contribution < -0.4 is 0 Å². The Hall–Kier alpha value is -0.410. The summed E-state index contributed by atoms with van der Waals surface area (Å²) in [7, 11) is 2.19. The fourth-order valence-electron chi connectivity index (χ4n) is 2.22. The van der Waals surface area contributed by atoms with Gasteiger partial charge < -0.3 is 4.90 Å². The third-order valence-electron chi connectivity index (χ3n) is 3.23. The molecule has 0 spiro atoms. The van der Waals surface area contributed by atoms with E-state index in [9.17, 15) is 0 Å². The van der Waals surface area contributed by atoms with Crippen LogP contribution in [-0.2, 0) is 0 Å². The number of nitrogens with zero attached hydrogens (tertiary/aromatic N) is 2. The molecule has 2 heterocycles. The van der Waals surface area contributed by atoms with Crippen molar-refractivity contribution in [2.75, 3.05) is 26.7 Å². The standard InChI is InChI=1S/C12H20N2S/c1-13-10-12(15)5-4-11(13)6-9-14-7-2-3-8-14/h2-3,6,9,11-12,15H,4-5,7-8,10H2,1H3/b9-6+. The summed E-state index contributed by atoms with van der Waals surface area (Å²) in [6.45, 7) is 3.25. The Morgan fingerprint density at radius 1 is 1.27 bits per heavy atom. The Kier molecular flexibility index (Phi) is 3.76. The van der Waals surface area contributed by atoms with E-state index in [1.807, 2.05) is 0 Å². The largest absolute Gasteiger partial charge is 0.370 e. The molecule has 2 atom stereocenters. The van der Waals surface area contributed by atoms with Gasteiger partial charge in [-0.25, -0.2) is 0 Å². The van der Waals surface area contributed by atoms with Crippen molar-refractivity contribution in [3.63, 3.8) is 0 Å². The minimum absolute atomic E-state index is 0.563. The summed E-state index contributed by atoms with van der Waals surface area (Å²) in [5.41, 5.74) is 0. The molecule has 0 aliphatic carbocycles. The van der Waals surface area contributed by atoms with Gasteiger partial charge in [0.05, 0.1) is 0 Å². The van der Waals surface area contributed by atoms with E-state index in [1.165, 1.54) is 12.8 Å². The predicted molar refractivity (Wildman–Crippen MR) is 68.3 cm³/mol. The molecule has 2 nitrogen and oxygen atoms in total.